The summed E-state index contributed by atoms with van der Waals surface area (Å²) in [5, 5.41) is 14.2. The lowest BCUT2D eigenvalue weighted by molar-refractivity contribution is -0.122. The van der Waals surface area contributed by atoms with Gasteiger partial charge < -0.3 is 10.0 Å². The molecule has 1 aliphatic carbocycles. The van der Waals surface area contributed by atoms with Gasteiger partial charge in [0.15, 0.2) is 0 Å². The highest BCUT2D eigenvalue weighted by atomic mass is 16.3. The van der Waals surface area contributed by atoms with Crippen molar-refractivity contribution in [3.8, 4) is 5.75 Å². The van der Waals surface area contributed by atoms with Crippen molar-refractivity contribution < 1.29 is 9.90 Å². The maximum Gasteiger partial charge on any atom is 0.243 e. The molecule has 1 amide bonds. The second-order valence-electron chi connectivity index (χ2n) is 6.51. The van der Waals surface area contributed by atoms with E-state index in [0.717, 1.165) is 25.2 Å². The van der Waals surface area contributed by atoms with Gasteiger partial charge in [-0.15, -0.1) is 0 Å². The van der Waals surface area contributed by atoms with Crippen LogP contribution in [-0.4, -0.2) is 30.3 Å². The first kappa shape index (κ1) is 18.0. The van der Waals surface area contributed by atoms with Gasteiger partial charge in [-0.05, 0) is 43.9 Å². The van der Waals surface area contributed by atoms with Crippen LogP contribution < -0.4 is 10.3 Å². The summed E-state index contributed by atoms with van der Waals surface area (Å²) in [6.45, 7) is 5.91. The average Bonchev–Trinajstić information content (AvgIpc) is 3.46. The number of benzene rings is 2. The van der Waals surface area contributed by atoms with Gasteiger partial charge in [0.2, 0.25) is 5.91 Å². The van der Waals surface area contributed by atoms with Crippen LogP contribution in [0.3, 0.4) is 0 Å². The number of phenolic OH excluding ortho intramolecular Hbond substituents is 1. The lowest BCUT2D eigenvalue weighted by Crippen LogP contribution is -2.21. The summed E-state index contributed by atoms with van der Waals surface area (Å²) >= 11 is 0. The zero-order valence-corrected chi connectivity index (χ0v) is 15.2. The zero-order valence-electron chi connectivity index (χ0n) is 15.2. The number of hydrazone groups is 1. The molecule has 0 saturated heterocycles. The third kappa shape index (κ3) is 4.04. The minimum Gasteiger partial charge on any atom is -0.507 e. The molecule has 2 aromatic carbocycles. The van der Waals surface area contributed by atoms with Crippen LogP contribution in [0.5, 0.6) is 5.75 Å². The van der Waals surface area contributed by atoms with E-state index in [1.807, 2.05) is 30.3 Å². The van der Waals surface area contributed by atoms with Gasteiger partial charge in [0.05, 0.1) is 6.21 Å². The van der Waals surface area contributed by atoms with Gasteiger partial charge in [-0.2, -0.15) is 5.10 Å². The molecule has 0 unspecified atom stereocenters. The Morgan fingerprint density at radius 3 is 2.62 bits per heavy atom. The van der Waals surface area contributed by atoms with Crippen LogP contribution in [-0.2, 0) is 4.79 Å². The molecule has 5 heteroatoms. The van der Waals surface area contributed by atoms with E-state index in [1.54, 1.807) is 6.07 Å². The number of carbonyl (C=O) groups is 1. The normalized spacial score (nSPS) is 18.7. The van der Waals surface area contributed by atoms with Crippen LogP contribution in [0.25, 0.3) is 0 Å². The standard InChI is InChI=1S/C21H25N3O2/c1-3-24(4-2)17-11-10-16(20(25)12-17)14-22-23-21(26)19-13-18(19)15-8-6-5-7-9-15/h5-12,14,18-19,25H,3-4,13H2,1-2H3,(H,23,26)/t18-,19-/m1/s1. The van der Waals surface area contributed by atoms with Crippen molar-refractivity contribution in [2.24, 2.45) is 11.0 Å². The van der Waals surface area contributed by atoms with E-state index < -0.39 is 0 Å². The van der Waals surface area contributed by atoms with E-state index in [4.69, 9.17) is 0 Å². The van der Waals surface area contributed by atoms with Crippen LogP contribution in [0.1, 0.15) is 37.3 Å². The summed E-state index contributed by atoms with van der Waals surface area (Å²) in [6.07, 6.45) is 2.34. The molecule has 26 heavy (non-hydrogen) atoms. The molecule has 2 N–H and O–H groups in total. The Balaban J connectivity index is 1.56. The van der Waals surface area contributed by atoms with Gasteiger partial charge in [0.25, 0.3) is 0 Å². The summed E-state index contributed by atoms with van der Waals surface area (Å²) in [6, 6.07) is 15.5. The number of aromatic hydroxyl groups is 1. The molecule has 1 saturated carbocycles. The number of hydrogen-bond acceptors (Lipinski definition) is 4. The smallest absolute Gasteiger partial charge is 0.243 e. The lowest BCUT2D eigenvalue weighted by atomic mass is 10.1. The van der Waals surface area contributed by atoms with Crippen molar-refractivity contribution in [3.05, 3.63) is 59.7 Å². The Hall–Kier alpha value is -2.82. The highest BCUT2D eigenvalue weighted by Gasteiger charge is 2.43. The van der Waals surface area contributed by atoms with Crippen molar-refractivity contribution in [1.82, 2.24) is 5.43 Å². The Morgan fingerprint density at radius 2 is 1.96 bits per heavy atom. The fourth-order valence-corrected chi connectivity index (χ4v) is 3.23. The summed E-state index contributed by atoms with van der Waals surface area (Å²) in [5.41, 5.74) is 5.33. The Bertz CT molecular complexity index is 785. The van der Waals surface area contributed by atoms with Gasteiger partial charge in [-0.1, -0.05) is 30.3 Å². The predicted octanol–water partition coefficient (Wildman–Crippen LogP) is 3.49. The molecule has 0 spiro atoms. The van der Waals surface area contributed by atoms with E-state index in [2.05, 4.69) is 41.4 Å². The van der Waals surface area contributed by atoms with Crippen molar-refractivity contribution in [3.63, 3.8) is 0 Å². The van der Waals surface area contributed by atoms with Gasteiger partial charge in [0.1, 0.15) is 5.75 Å². The first-order chi connectivity index (χ1) is 12.6. The lowest BCUT2D eigenvalue weighted by Gasteiger charge is -2.21. The minimum absolute atomic E-state index is 0.0202. The molecule has 1 fully saturated rings. The Kier molecular flexibility index (Phi) is 5.56. The first-order valence-corrected chi connectivity index (χ1v) is 9.09. The summed E-state index contributed by atoms with van der Waals surface area (Å²) in [5.74, 6) is 0.344. The number of rotatable bonds is 7. The molecule has 1 aliphatic rings. The second-order valence-corrected chi connectivity index (χ2v) is 6.51. The van der Waals surface area contributed by atoms with Crippen LogP contribution in [0.15, 0.2) is 53.6 Å². The molecular weight excluding hydrogens is 326 g/mol. The van der Waals surface area contributed by atoms with Crippen molar-refractivity contribution in [1.29, 1.82) is 0 Å². The Morgan fingerprint density at radius 1 is 1.23 bits per heavy atom. The predicted molar refractivity (Wildman–Crippen MR) is 105 cm³/mol. The third-order valence-electron chi connectivity index (χ3n) is 4.88. The summed E-state index contributed by atoms with van der Waals surface area (Å²) in [7, 11) is 0. The molecule has 0 heterocycles. The van der Waals surface area contributed by atoms with E-state index in [-0.39, 0.29) is 23.5 Å². The van der Waals surface area contributed by atoms with E-state index in [1.165, 1.54) is 11.8 Å². The fourth-order valence-electron chi connectivity index (χ4n) is 3.23. The highest BCUT2D eigenvalue weighted by Crippen LogP contribution is 2.47. The van der Waals surface area contributed by atoms with Crippen molar-refractivity contribution in [2.75, 3.05) is 18.0 Å². The van der Waals surface area contributed by atoms with Crippen LogP contribution in [0.2, 0.25) is 0 Å². The molecule has 136 valence electrons. The van der Waals surface area contributed by atoms with E-state index in [0.29, 0.717) is 5.56 Å². The molecule has 0 bridgehead atoms. The van der Waals surface area contributed by atoms with Gasteiger partial charge in [-0.3, -0.25) is 4.79 Å². The van der Waals surface area contributed by atoms with E-state index in [9.17, 15) is 9.90 Å². The second kappa shape index (κ2) is 8.04. The number of phenols is 1. The SMILES string of the molecule is CCN(CC)c1ccc(C=NNC(=O)[C@@H]2C[C@@H]2c2ccccc2)c(O)c1. The van der Waals surface area contributed by atoms with Crippen LogP contribution in [0, 0.1) is 5.92 Å². The maximum atomic E-state index is 12.2. The number of anilines is 1. The minimum atomic E-state index is -0.0747. The number of nitrogens with zero attached hydrogens (tertiary/aromatic N) is 2. The maximum absolute atomic E-state index is 12.2. The molecule has 0 aromatic heterocycles. The largest absolute Gasteiger partial charge is 0.507 e. The van der Waals surface area contributed by atoms with Crippen LogP contribution >= 0.6 is 0 Å². The van der Waals surface area contributed by atoms with Crippen molar-refractivity contribution in [2.45, 2.75) is 26.2 Å². The summed E-state index contributed by atoms with van der Waals surface area (Å²) in [4.78, 5) is 14.3. The molecule has 5 nitrogen and oxygen atoms in total. The highest BCUT2D eigenvalue weighted by molar-refractivity contribution is 5.87. The monoisotopic (exact) mass is 351 g/mol. The molecule has 3 rings (SSSR count). The van der Waals surface area contributed by atoms with Gasteiger partial charge in [0, 0.05) is 36.3 Å². The molecule has 0 aliphatic heterocycles. The number of nitrogens with one attached hydrogen (secondary N) is 1. The number of hydrogen-bond donors (Lipinski definition) is 2. The first-order valence-electron chi connectivity index (χ1n) is 9.09. The third-order valence-corrected chi connectivity index (χ3v) is 4.88. The summed E-state index contributed by atoms with van der Waals surface area (Å²) < 4.78 is 0. The van der Waals surface area contributed by atoms with Gasteiger partial charge in [-0.25, -0.2) is 5.43 Å². The van der Waals surface area contributed by atoms with Crippen molar-refractivity contribution >= 4 is 17.8 Å². The number of amides is 1. The average molecular weight is 351 g/mol. The van der Waals surface area contributed by atoms with Crippen LogP contribution in [0.4, 0.5) is 5.69 Å². The molecule has 2 atom stereocenters. The molecule has 0 radical (unpaired) electrons. The fraction of sp³-hybridized carbons (Fsp3) is 0.333. The van der Waals surface area contributed by atoms with Gasteiger partial charge >= 0.3 is 0 Å². The molecular formula is C21H25N3O2. The zero-order chi connectivity index (χ0) is 18.5. The molecule has 2 aromatic rings. The number of carbonyl (C=O) groups excluding carboxylic acids is 1. The van der Waals surface area contributed by atoms with E-state index >= 15 is 0 Å². The Labute approximate surface area is 154 Å². The topological polar surface area (TPSA) is 64.9 Å². The quantitative estimate of drug-likeness (QED) is 0.593.